The Labute approximate surface area is 147 Å². The molecule has 0 bridgehead atoms. The molecule has 1 atom stereocenters. The largest absolute Gasteiger partial charge is 0.507 e. The van der Waals surface area contributed by atoms with Crippen LogP contribution in [0.5, 0.6) is 11.5 Å². The molecule has 0 saturated heterocycles. The summed E-state index contributed by atoms with van der Waals surface area (Å²) in [6.45, 7) is 4.38. The Balaban J connectivity index is 1.89. The second-order valence-electron chi connectivity index (χ2n) is 7.43. The molecule has 134 valence electrons. The molecule has 1 aromatic carbocycles. The molecule has 2 N–H and O–H groups in total. The molecule has 0 spiro atoms. The van der Waals surface area contributed by atoms with Gasteiger partial charge >= 0.3 is 0 Å². The van der Waals surface area contributed by atoms with E-state index in [1.807, 2.05) is 12.1 Å². The molecule has 0 aromatic heterocycles. The first-order valence-corrected chi connectivity index (χ1v) is 9.84. The molecule has 24 heavy (non-hydrogen) atoms. The molecule has 1 aliphatic rings. The van der Waals surface area contributed by atoms with Crippen molar-refractivity contribution in [2.45, 2.75) is 90.4 Å². The maximum Gasteiger partial charge on any atom is 0.123 e. The fraction of sp³-hybridized carbons (Fsp3) is 0.636. The van der Waals surface area contributed by atoms with Crippen molar-refractivity contribution in [3.8, 4) is 11.5 Å². The number of hydrogen-bond acceptors (Lipinski definition) is 2. The third-order valence-electron chi connectivity index (χ3n) is 5.21. The van der Waals surface area contributed by atoms with Crippen LogP contribution in [0.25, 0.3) is 0 Å². The number of hydrogen-bond donors (Lipinski definition) is 2. The van der Waals surface area contributed by atoms with Crippen LogP contribution in [0.3, 0.4) is 0 Å². The summed E-state index contributed by atoms with van der Waals surface area (Å²) in [4.78, 5) is 0. The molecule has 1 aliphatic carbocycles. The molecule has 0 heterocycles. The van der Waals surface area contributed by atoms with Gasteiger partial charge in [0.2, 0.25) is 0 Å². The van der Waals surface area contributed by atoms with Crippen molar-refractivity contribution in [3.05, 3.63) is 34.9 Å². The summed E-state index contributed by atoms with van der Waals surface area (Å²) in [6, 6.07) is 3.73. The SMILES string of the molecule is CCCCCCCCCc1cc(O)c(C2C=C(C)CCC2)c(O)c1. The lowest BCUT2D eigenvalue weighted by Gasteiger charge is -2.22. The lowest BCUT2D eigenvalue weighted by molar-refractivity contribution is 0.427. The summed E-state index contributed by atoms with van der Waals surface area (Å²) in [5.41, 5.74) is 3.13. The van der Waals surface area contributed by atoms with Gasteiger partial charge in [0.25, 0.3) is 0 Å². The normalized spacial score (nSPS) is 17.8. The zero-order valence-corrected chi connectivity index (χ0v) is 15.5. The van der Waals surface area contributed by atoms with Gasteiger partial charge in [-0.05, 0) is 56.7 Å². The van der Waals surface area contributed by atoms with Gasteiger partial charge in [-0.25, -0.2) is 0 Å². The molecular weight excluding hydrogens is 296 g/mol. The molecule has 1 aromatic rings. The summed E-state index contributed by atoms with van der Waals surface area (Å²) < 4.78 is 0. The summed E-state index contributed by atoms with van der Waals surface area (Å²) >= 11 is 0. The molecule has 2 nitrogen and oxygen atoms in total. The Morgan fingerprint density at radius 1 is 0.958 bits per heavy atom. The highest BCUT2D eigenvalue weighted by Gasteiger charge is 2.21. The number of aromatic hydroxyl groups is 2. The van der Waals surface area contributed by atoms with Crippen LogP contribution in [0, 0.1) is 0 Å². The van der Waals surface area contributed by atoms with Crippen LogP contribution >= 0.6 is 0 Å². The lowest BCUT2D eigenvalue weighted by Crippen LogP contribution is -2.03. The highest BCUT2D eigenvalue weighted by atomic mass is 16.3. The van der Waals surface area contributed by atoms with Gasteiger partial charge in [-0.15, -0.1) is 0 Å². The first kappa shape index (κ1) is 18.9. The number of benzene rings is 1. The number of phenolic OH excluding ortho intramolecular Hbond substituents is 2. The maximum atomic E-state index is 10.4. The Morgan fingerprint density at radius 3 is 2.21 bits per heavy atom. The second-order valence-corrected chi connectivity index (χ2v) is 7.43. The van der Waals surface area contributed by atoms with Gasteiger partial charge < -0.3 is 10.2 Å². The number of allylic oxidation sites excluding steroid dienone is 2. The average molecular weight is 331 g/mol. The summed E-state index contributed by atoms with van der Waals surface area (Å²) in [5.74, 6) is 0.694. The van der Waals surface area contributed by atoms with Gasteiger partial charge in [-0.3, -0.25) is 0 Å². The van der Waals surface area contributed by atoms with Crippen LogP contribution in [0.1, 0.15) is 95.1 Å². The monoisotopic (exact) mass is 330 g/mol. The molecule has 0 amide bonds. The third-order valence-corrected chi connectivity index (χ3v) is 5.21. The quantitative estimate of drug-likeness (QED) is 0.395. The maximum absolute atomic E-state index is 10.4. The zero-order valence-electron chi connectivity index (χ0n) is 15.5. The van der Waals surface area contributed by atoms with E-state index in [1.54, 1.807) is 0 Å². The Bertz CT molecular complexity index is 522. The van der Waals surface area contributed by atoms with Gasteiger partial charge in [-0.1, -0.05) is 57.1 Å². The van der Waals surface area contributed by atoms with Crippen LogP contribution in [0.2, 0.25) is 0 Å². The fourth-order valence-electron chi connectivity index (χ4n) is 3.83. The third kappa shape index (κ3) is 5.58. The van der Waals surface area contributed by atoms with Gasteiger partial charge in [0.1, 0.15) is 11.5 Å². The van der Waals surface area contributed by atoms with E-state index in [0.717, 1.165) is 43.2 Å². The number of rotatable bonds is 9. The van der Waals surface area contributed by atoms with Crippen molar-refractivity contribution >= 4 is 0 Å². The highest BCUT2D eigenvalue weighted by Crippen LogP contribution is 2.41. The summed E-state index contributed by atoms with van der Waals surface area (Å²) in [5, 5.41) is 20.8. The topological polar surface area (TPSA) is 40.5 Å². The molecule has 2 rings (SSSR count). The molecule has 2 heteroatoms. The Morgan fingerprint density at radius 2 is 1.58 bits per heavy atom. The number of aryl methyl sites for hydroxylation is 1. The van der Waals surface area contributed by atoms with Crippen LogP contribution in [-0.2, 0) is 6.42 Å². The van der Waals surface area contributed by atoms with Crippen molar-refractivity contribution in [1.29, 1.82) is 0 Å². The minimum Gasteiger partial charge on any atom is -0.507 e. The molecule has 1 unspecified atom stereocenters. The van der Waals surface area contributed by atoms with Crippen LogP contribution < -0.4 is 0 Å². The van der Waals surface area contributed by atoms with Crippen molar-refractivity contribution in [2.24, 2.45) is 0 Å². The van der Waals surface area contributed by atoms with Gasteiger partial charge in [0, 0.05) is 11.5 Å². The first-order valence-electron chi connectivity index (χ1n) is 9.84. The molecule has 0 radical (unpaired) electrons. The van der Waals surface area contributed by atoms with Crippen molar-refractivity contribution in [3.63, 3.8) is 0 Å². The van der Waals surface area contributed by atoms with Gasteiger partial charge in [0.05, 0.1) is 0 Å². The Hall–Kier alpha value is -1.44. The molecular formula is C22H34O2. The van der Waals surface area contributed by atoms with Gasteiger partial charge in [0.15, 0.2) is 0 Å². The second kappa shape index (κ2) is 9.76. The predicted octanol–water partition coefficient (Wildman–Crippen LogP) is 6.60. The van der Waals surface area contributed by atoms with E-state index in [2.05, 4.69) is 19.9 Å². The van der Waals surface area contributed by atoms with Crippen molar-refractivity contribution in [1.82, 2.24) is 0 Å². The van der Waals surface area contributed by atoms with Crippen LogP contribution in [0.4, 0.5) is 0 Å². The Kier molecular flexibility index (Phi) is 7.68. The van der Waals surface area contributed by atoms with E-state index in [9.17, 15) is 10.2 Å². The lowest BCUT2D eigenvalue weighted by atomic mass is 9.84. The fourth-order valence-corrected chi connectivity index (χ4v) is 3.83. The van der Waals surface area contributed by atoms with Crippen LogP contribution in [-0.4, -0.2) is 10.2 Å². The standard InChI is InChI=1S/C22H34O2/c1-3-4-5-6-7-8-9-12-18-15-20(23)22(21(24)16-18)19-13-10-11-17(2)14-19/h14-16,19,23-24H,3-13H2,1-2H3. The van der Waals surface area contributed by atoms with Crippen molar-refractivity contribution in [2.75, 3.05) is 0 Å². The summed E-state index contributed by atoms with van der Waals surface area (Å²) in [6.07, 6.45) is 15.4. The number of unbranched alkanes of at least 4 members (excludes halogenated alkanes) is 6. The minimum atomic E-state index is 0.159. The van der Waals surface area contributed by atoms with Crippen LogP contribution in [0.15, 0.2) is 23.8 Å². The summed E-state index contributed by atoms with van der Waals surface area (Å²) in [7, 11) is 0. The van der Waals surface area contributed by atoms with E-state index in [-0.39, 0.29) is 17.4 Å². The smallest absolute Gasteiger partial charge is 0.123 e. The predicted molar refractivity (Wildman–Crippen MR) is 102 cm³/mol. The first-order chi connectivity index (χ1) is 11.6. The van der Waals surface area contributed by atoms with E-state index < -0.39 is 0 Å². The molecule has 0 saturated carbocycles. The van der Waals surface area contributed by atoms with E-state index in [1.165, 1.54) is 44.1 Å². The molecule has 0 aliphatic heterocycles. The zero-order chi connectivity index (χ0) is 17.4. The molecule has 0 fully saturated rings. The van der Waals surface area contributed by atoms with E-state index in [0.29, 0.717) is 0 Å². The van der Waals surface area contributed by atoms with E-state index >= 15 is 0 Å². The van der Waals surface area contributed by atoms with Crippen molar-refractivity contribution < 1.29 is 10.2 Å². The van der Waals surface area contributed by atoms with Gasteiger partial charge in [-0.2, -0.15) is 0 Å². The number of phenols is 2. The minimum absolute atomic E-state index is 0.159. The average Bonchev–Trinajstić information content (AvgIpc) is 2.53. The highest BCUT2D eigenvalue weighted by molar-refractivity contribution is 5.50. The van der Waals surface area contributed by atoms with E-state index in [4.69, 9.17) is 0 Å².